The number of pyridine rings is 2. The largest absolute Gasteiger partial charge is 0.357 e. The second-order valence-electron chi connectivity index (χ2n) is 5.26. The third-order valence-electron chi connectivity index (χ3n) is 3.70. The number of aromatic amines is 1. The Bertz CT molecular complexity index is 837. The van der Waals surface area contributed by atoms with E-state index in [0.717, 1.165) is 39.3 Å². The smallest absolute Gasteiger partial charge is 0.178 e. The van der Waals surface area contributed by atoms with Crippen molar-refractivity contribution in [2.75, 3.05) is 6.26 Å². The molecule has 0 saturated heterocycles. The molecule has 0 unspecified atom stereocenters. The van der Waals surface area contributed by atoms with E-state index in [9.17, 15) is 4.79 Å². The number of hydrogen-bond acceptors (Lipinski definition) is 4. The predicted molar refractivity (Wildman–Crippen MR) is 89.7 cm³/mol. The molecule has 3 aromatic rings. The van der Waals surface area contributed by atoms with Gasteiger partial charge in [0.05, 0.1) is 16.1 Å². The number of ketones is 1. The highest BCUT2D eigenvalue weighted by Crippen LogP contribution is 2.24. The molecule has 4 nitrogen and oxygen atoms in total. The Hall–Kier alpha value is -2.14. The molecule has 0 saturated carbocycles. The van der Waals surface area contributed by atoms with Crippen LogP contribution in [0.2, 0.25) is 0 Å². The number of carbonyl (C=O) groups is 1. The maximum atomic E-state index is 11.6. The Balaban J connectivity index is 2.02. The van der Waals surface area contributed by atoms with Crippen molar-refractivity contribution < 1.29 is 4.79 Å². The van der Waals surface area contributed by atoms with Gasteiger partial charge in [-0.25, -0.2) is 9.97 Å². The number of nitrogens with one attached hydrogen (secondary N) is 1. The average molecular weight is 311 g/mol. The molecule has 0 aliphatic carbocycles. The maximum absolute atomic E-state index is 11.6. The lowest BCUT2D eigenvalue weighted by Crippen LogP contribution is -1.97. The second kappa shape index (κ2) is 5.93. The number of aryl methyl sites for hydroxylation is 1. The molecular formula is C17H17N3OS. The molecule has 22 heavy (non-hydrogen) atoms. The maximum Gasteiger partial charge on any atom is 0.178 e. The van der Waals surface area contributed by atoms with Gasteiger partial charge < -0.3 is 4.98 Å². The molecule has 0 aliphatic rings. The lowest BCUT2D eigenvalue weighted by molar-refractivity contribution is 0.101. The molecule has 0 aromatic carbocycles. The number of thioether (sulfide) groups is 1. The van der Waals surface area contributed by atoms with Crippen molar-refractivity contribution in [2.24, 2.45) is 0 Å². The van der Waals surface area contributed by atoms with Crippen molar-refractivity contribution in [1.29, 1.82) is 0 Å². The minimum atomic E-state index is -0.0160. The van der Waals surface area contributed by atoms with Crippen LogP contribution in [0.1, 0.15) is 34.2 Å². The Morgan fingerprint density at radius 3 is 2.73 bits per heavy atom. The molecule has 112 valence electrons. The second-order valence-corrected chi connectivity index (χ2v) is 6.09. The van der Waals surface area contributed by atoms with Crippen LogP contribution in [-0.2, 0) is 6.42 Å². The van der Waals surface area contributed by atoms with Crippen molar-refractivity contribution >= 4 is 28.6 Å². The van der Waals surface area contributed by atoms with Crippen LogP contribution in [0.25, 0.3) is 11.0 Å². The summed E-state index contributed by atoms with van der Waals surface area (Å²) >= 11 is 1.63. The third kappa shape index (κ3) is 2.76. The van der Waals surface area contributed by atoms with Gasteiger partial charge in [-0.05, 0) is 36.9 Å². The van der Waals surface area contributed by atoms with E-state index < -0.39 is 0 Å². The number of hydrogen-bond donors (Lipinski definition) is 1. The van der Waals surface area contributed by atoms with E-state index in [0.29, 0.717) is 5.69 Å². The van der Waals surface area contributed by atoms with Crippen LogP contribution in [0.5, 0.6) is 0 Å². The number of rotatable bonds is 4. The minimum Gasteiger partial charge on any atom is -0.357 e. The Morgan fingerprint density at radius 1 is 1.27 bits per heavy atom. The summed E-state index contributed by atoms with van der Waals surface area (Å²) in [6, 6.07) is 7.80. The monoisotopic (exact) mass is 311 g/mol. The summed E-state index contributed by atoms with van der Waals surface area (Å²) in [5.74, 6) is -0.0160. The molecule has 0 bridgehead atoms. The number of fused-ring (bicyclic) bond motifs is 1. The van der Waals surface area contributed by atoms with Gasteiger partial charge in [0.1, 0.15) is 5.69 Å². The molecule has 0 atom stereocenters. The van der Waals surface area contributed by atoms with Gasteiger partial charge in [0.25, 0.3) is 0 Å². The molecular weight excluding hydrogens is 294 g/mol. The Morgan fingerprint density at radius 2 is 2.09 bits per heavy atom. The molecule has 3 aromatic heterocycles. The number of aromatic nitrogens is 3. The van der Waals surface area contributed by atoms with Gasteiger partial charge in [0.2, 0.25) is 0 Å². The summed E-state index contributed by atoms with van der Waals surface area (Å²) in [6.45, 7) is 3.58. The molecule has 0 radical (unpaired) electrons. The molecule has 5 heteroatoms. The fourth-order valence-corrected chi connectivity index (χ4v) is 2.86. The third-order valence-corrected chi connectivity index (χ3v) is 4.36. The van der Waals surface area contributed by atoms with Gasteiger partial charge in [-0.15, -0.1) is 11.8 Å². The van der Waals surface area contributed by atoms with Gasteiger partial charge >= 0.3 is 0 Å². The van der Waals surface area contributed by atoms with E-state index in [1.807, 2.05) is 31.5 Å². The van der Waals surface area contributed by atoms with Crippen LogP contribution in [0.4, 0.5) is 0 Å². The van der Waals surface area contributed by atoms with Gasteiger partial charge in [-0.2, -0.15) is 0 Å². The normalized spacial score (nSPS) is 11.0. The molecule has 0 spiro atoms. The quantitative estimate of drug-likeness (QED) is 0.588. The first-order valence-corrected chi connectivity index (χ1v) is 8.29. The van der Waals surface area contributed by atoms with Crippen molar-refractivity contribution in [1.82, 2.24) is 15.0 Å². The fourth-order valence-electron chi connectivity index (χ4n) is 2.50. The van der Waals surface area contributed by atoms with Gasteiger partial charge in [0, 0.05) is 30.8 Å². The fraction of sp³-hybridized carbons (Fsp3) is 0.235. The van der Waals surface area contributed by atoms with Gasteiger partial charge in [-0.1, -0.05) is 6.07 Å². The van der Waals surface area contributed by atoms with Gasteiger partial charge in [0.15, 0.2) is 5.78 Å². The van der Waals surface area contributed by atoms with Crippen LogP contribution in [0.3, 0.4) is 0 Å². The summed E-state index contributed by atoms with van der Waals surface area (Å²) < 4.78 is 0. The highest BCUT2D eigenvalue weighted by molar-refractivity contribution is 7.98. The van der Waals surface area contributed by atoms with Crippen molar-refractivity contribution in [3.63, 3.8) is 0 Å². The lowest BCUT2D eigenvalue weighted by Gasteiger charge is -2.03. The molecule has 3 heterocycles. The van der Waals surface area contributed by atoms with Crippen LogP contribution in [0.15, 0.2) is 35.5 Å². The van der Waals surface area contributed by atoms with E-state index in [2.05, 4.69) is 21.0 Å². The first kappa shape index (κ1) is 14.8. The standard InChI is InChI=1S/C17H17N3OS/c1-10-13(8-12-4-7-16(22-3)18-9-12)17-15(19-10)6-5-14(20-17)11(2)21/h4-7,9,19H,8H2,1-3H3. The molecule has 3 rings (SSSR count). The van der Waals surface area contributed by atoms with Gasteiger partial charge in [-0.3, -0.25) is 4.79 Å². The number of nitrogens with zero attached hydrogens (tertiary/aromatic N) is 2. The summed E-state index contributed by atoms with van der Waals surface area (Å²) in [5.41, 5.74) is 5.68. The molecule has 0 amide bonds. The van der Waals surface area contributed by atoms with E-state index in [4.69, 9.17) is 0 Å². The van der Waals surface area contributed by atoms with E-state index in [1.54, 1.807) is 24.8 Å². The van der Waals surface area contributed by atoms with Crippen LogP contribution >= 0.6 is 11.8 Å². The Labute approximate surface area is 133 Å². The van der Waals surface area contributed by atoms with Crippen LogP contribution in [0, 0.1) is 6.92 Å². The average Bonchev–Trinajstić information content (AvgIpc) is 2.83. The SMILES string of the molecule is CSc1ccc(Cc2c(C)[nH]c3ccc(C(C)=O)nc23)cn1. The van der Waals surface area contributed by atoms with Crippen molar-refractivity contribution in [3.05, 3.63) is 53.0 Å². The first-order valence-electron chi connectivity index (χ1n) is 7.06. The zero-order chi connectivity index (χ0) is 15.7. The topological polar surface area (TPSA) is 58.6 Å². The van der Waals surface area contributed by atoms with Crippen molar-refractivity contribution in [3.8, 4) is 0 Å². The highest BCUT2D eigenvalue weighted by Gasteiger charge is 2.13. The zero-order valence-electron chi connectivity index (χ0n) is 12.8. The zero-order valence-corrected chi connectivity index (χ0v) is 13.6. The van der Waals surface area contributed by atoms with Crippen LogP contribution < -0.4 is 0 Å². The lowest BCUT2D eigenvalue weighted by atomic mass is 10.1. The molecule has 0 aliphatic heterocycles. The summed E-state index contributed by atoms with van der Waals surface area (Å²) in [4.78, 5) is 23.8. The van der Waals surface area contributed by atoms with Crippen molar-refractivity contribution in [2.45, 2.75) is 25.3 Å². The van der Waals surface area contributed by atoms with E-state index in [-0.39, 0.29) is 5.78 Å². The minimum absolute atomic E-state index is 0.0160. The number of Topliss-reactive ketones (excluding diaryl/α,β-unsaturated/α-hetero) is 1. The molecule has 1 N–H and O–H groups in total. The van der Waals surface area contributed by atoms with Crippen LogP contribution in [-0.4, -0.2) is 27.0 Å². The highest BCUT2D eigenvalue weighted by atomic mass is 32.2. The molecule has 0 fully saturated rings. The van der Waals surface area contributed by atoms with E-state index >= 15 is 0 Å². The summed E-state index contributed by atoms with van der Waals surface area (Å²) in [5, 5.41) is 1.01. The summed E-state index contributed by atoms with van der Waals surface area (Å²) in [7, 11) is 0. The summed E-state index contributed by atoms with van der Waals surface area (Å²) in [6.07, 6.45) is 4.67. The Kier molecular flexibility index (Phi) is 3.98. The number of carbonyl (C=O) groups excluding carboxylic acids is 1. The first-order chi connectivity index (χ1) is 10.6. The number of H-pyrrole nitrogens is 1. The van der Waals surface area contributed by atoms with E-state index in [1.165, 1.54) is 0 Å². The predicted octanol–water partition coefficient (Wildman–Crippen LogP) is 3.78.